The van der Waals surface area contributed by atoms with E-state index in [0.29, 0.717) is 18.4 Å². The maximum atomic E-state index is 6.17. The Morgan fingerprint density at radius 1 is 1.14 bits per heavy atom. The maximum Gasteiger partial charge on any atom is 0.189 e. The fraction of sp³-hybridized carbons (Fsp3) is 0.591. The minimum Gasteiger partial charge on any atom is -0.370 e. The molecule has 156 valence electrons. The normalized spacial score (nSPS) is 16.2. The molecule has 0 saturated heterocycles. The SMILES string of the molecule is CSc1nc(NCC(C)C)c2sc3nc(C(C)C)c4c(c3c2n1)CC(C)(C)OC4. The van der Waals surface area contributed by atoms with Crippen LogP contribution in [-0.4, -0.2) is 33.4 Å². The van der Waals surface area contributed by atoms with Gasteiger partial charge in [0.15, 0.2) is 5.16 Å². The average molecular weight is 431 g/mol. The minimum atomic E-state index is -0.183. The third kappa shape index (κ3) is 3.84. The zero-order valence-corrected chi connectivity index (χ0v) is 20.0. The number of nitrogens with one attached hydrogen (secondary N) is 1. The van der Waals surface area contributed by atoms with E-state index >= 15 is 0 Å². The summed E-state index contributed by atoms with van der Waals surface area (Å²) in [6, 6.07) is 0. The zero-order valence-electron chi connectivity index (χ0n) is 18.3. The second-order valence-corrected chi connectivity index (χ2v) is 10.9. The molecule has 3 aromatic rings. The van der Waals surface area contributed by atoms with Crippen LogP contribution in [0.3, 0.4) is 0 Å². The summed E-state index contributed by atoms with van der Waals surface area (Å²) < 4.78 is 7.28. The zero-order chi connectivity index (χ0) is 20.9. The molecule has 0 saturated carbocycles. The molecule has 0 bridgehead atoms. The van der Waals surface area contributed by atoms with Gasteiger partial charge in [-0.05, 0) is 37.5 Å². The van der Waals surface area contributed by atoms with E-state index in [2.05, 4.69) is 46.9 Å². The Morgan fingerprint density at radius 3 is 2.55 bits per heavy atom. The van der Waals surface area contributed by atoms with Crippen LogP contribution in [0.25, 0.3) is 20.4 Å². The smallest absolute Gasteiger partial charge is 0.189 e. The highest BCUT2D eigenvalue weighted by atomic mass is 32.2. The van der Waals surface area contributed by atoms with Crippen LogP contribution in [0.5, 0.6) is 0 Å². The first-order chi connectivity index (χ1) is 13.7. The molecule has 1 aliphatic heterocycles. The summed E-state index contributed by atoms with van der Waals surface area (Å²) in [6.07, 6.45) is 2.91. The first-order valence-electron chi connectivity index (χ1n) is 10.3. The molecule has 0 aliphatic carbocycles. The van der Waals surface area contributed by atoms with Crippen LogP contribution in [0.2, 0.25) is 0 Å². The van der Waals surface area contributed by atoms with Gasteiger partial charge in [0.05, 0.1) is 28.1 Å². The van der Waals surface area contributed by atoms with Crippen LogP contribution in [0.1, 0.15) is 64.3 Å². The highest BCUT2D eigenvalue weighted by Crippen LogP contribution is 2.43. The Balaban J connectivity index is 2.04. The predicted octanol–water partition coefficient (Wildman–Crippen LogP) is 6.00. The van der Waals surface area contributed by atoms with Crippen LogP contribution in [0.4, 0.5) is 5.82 Å². The van der Waals surface area contributed by atoms with Gasteiger partial charge in [0.25, 0.3) is 0 Å². The lowest BCUT2D eigenvalue weighted by molar-refractivity contribution is -0.0402. The van der Waals surface area contributed by atoms with Gasteiger partial charge in [0.2, 0.25) is 0 Å². The van der Waals surface area contributed by atoms with E-state index in [1.165, 1.54) is 16.5 Å². The summed E-state index contributed by atoms with van der Waals surface area (Å²) in [5, 5.41) is 5.55. The lowest BCUT2D eigenvalue weighted by Gasteiger charge is -2.33. The first kappa shape index (κ1) is 20.8. The van der Waals surface area contributed by atoms with E-state index in [1.807, 2.05) is 6.26 Å². The lowest BCUT2D eigenvalue weighted by Crippen LogP contribution is -2.32. The van der Waals surface area contributed by atoms with Crippen molar-refractivity contribution in [1.29, 1.82) is 0 Å². The second-order valence-electron chi connectivity index (χ2n) is 9.13. The van der Waals surface area contributed by atoms with E-state index in [4.69, 9.17) is 19.7 Å². The van der Waals surface area contributed by atoms with Crippen molar-refractivity contribution in [3.05, 3.63) is 16.8 Å². The summed E-state index contributed by atoms with van der Waals surface area (Å²) in [7, 11) is 0. The number of pyridine rings is 1. The van der Waals surface area contributed by atoms with Crippen molar-refractivity contribution in [3.8, 4) is 0 Å². The molecule has 0 amide bonds. The number of thioether (sulfide) groups is 1. The molecule has 0 unspecified atom stereocenters. The van der Waals surface area contributed by atoms with Crippen LogP contribution in [0, 0.1) is 5.92 Å². The second kappa shape index (κ2) is 7.67. The number of nitrogens with zero attached hydrogens (tertiary/aromatic N) is 3. The number of aromatic nitrogens is 3. The van der Waals surface area contributed by atoms with Crippen LogP contribution < -0.4 is 5.32 Å². The minimum absolute atomic E-state index is 0.183. The Hall–Kier alpha value is -1.44. The van der Waals surface area contributed by atoms with Crippen molar-refractivity contribution < 1.29 is 4.74 Å². The van der Waals surface area contributed by atoms with Gasteiger partial charge in [-0.2, -0.15) is 0 Å². The third-order valence-corrected chi connectivity index (χ3v) is 6.94. The van der Waals surface area contributed by atoms with Gasteiger partial charge in [-0.1, -0.05) is 39.5 Å². The van der Waals surface area contributed by atoms with Crippen LogP contribution in [-0.2, 0) is 17.8 Å². The molecular weight excluding hydrogens is 400 g/mol. The summed E-state index contributed by atoms with van der Waals surface area (Å²) in [6.45, 7) is 14.7. The Labute approximate surface area is 181 Å². The standard InChI is InChI=1S/C22H30N4OS2/c1-11(2)9-23-19-18-17(25-21(26-19)28-7)15-13-8-22(5,6)27-10-14(13)16(12(3)4)24-20(15)29-18/h11-12H,8-10H2,1-7H3,(H,23,25,26). The van der Waals surface area contributed by atoms with Gasteiger partial charge in [0, 0.05) is 23.9 Å². The molecule has 5 nitrogen and oxygen atoms in total. The van der Waals surface area contributed by atoms with E-state index < -0.39 is 0 Å². The number of hydrogen-bond donors (Lipinski definition) is 1. The highest BCUT2D eigenvalue weighted by molar-refractivity contribution is 7.98. The predicted molar refractivity (Wildman–Crippen MR) is 124 cm³/mol. The Kier molecular flexibility index (Phi) is 5.51. The number of thiophene rings is 1. The number of fused-ring (bicyclic) bond motifs is 5. The van der Waals surface area contributed by atoms with Crippen molar-refractivity contribution in [2.45, 2.75) is 71.2 Å². The van der Waals surface area contributed by atoms with Crippen molar-refractivity contribution >= 4 is 49.3 Å². The molecule has 4 heterocycles. The maximum absolute atomic E-state index is 6.17. The van der Waals surface area contributed by atoms with Gasteiger partial charge in [-0.25, -0.2) is 15.0 Å². The molecule has 0 radical (unpaired) electrons. The molecule has 0 spiro atoms. The van der Waals surface area contributed by atoms with E-state index in [0.717, 1.165) is 44.7 Å². The molecule has 1 aliphatic rings. The van der Waals surface area contributed by atoms with Gasteiger partial charge in [-0.15, -0.1) is 11.3 Å². The van der Waals surface area contributed by atoms with Crippen LogP contribution >= 0.6 is 23.1 Å². The topological polar surface area (TPSA) is 59.9 Å². The Bertz CT molecular complexity index is 1070. The number of rotatable bonds is 5. The summed E-state index contributed by atoms with van der Waals surface area (Å²) in [5.74, 6) is 1.83. The number of ether oxygens (including phenoxy) is 1. The molecule has 29 heavy (non-hydrogen) atoms. The highest BCUT2D eigenvalue weighted by Gasteiger charge is 2.32. The fourth-order valence-electron chi connectivity index (χ4n) is 3.87. The van der Waals surface area contributed by atoms with Crippen LogP contribution in [0.15, 0.2) is 5.16 Å². The lowest BCUT2D eigenvalue weighted by atomic mass is 9.87. The fourth-order valence-corrected chi connectivity index (χ4v) is 5.35. The number of hydrogen-bond acceptors (Lipinski definition) is 7. The van der Waals surface area contributed by atoms with Gasteiger partial charge in [0.1, 0.15) is 10.6 Å². The summed E-state index contributed by atoms with van der Waals surface area (Å²) in [5.41, 5.74) is 4.63. The van der Waals surface area contributed by atoms with E-state index in [-0.39, 0.29) is 5.60 Å². The molecule has 0 fully saturated rings. The molecule has 0 aromatic carbocycles. The molecule has 0 atom stereocenters. The first-order valence-corrected chi connectivity index (χ1v) is 12.3. The quantitative estimate of drug-likeness (QED) is 0.395. The molecular formula is C22H30N4OS2. The van der Waals surface area contributed by atoms with Crippen molar-refractivity contribution in [2.75, 3.05) is 18.1 Å². The van der Waals surface area contributed by atoms with Crippen molar-refractivity contribution in [2.24, 2.45) is 5.92 Å². The average Bonchev–Trinajstić information content (AvgIpc) is 3.03. The van der Waals surface area contributed by atoms with Gasteiger partial charge >= 0.3 is 0 Å². The third-order valence-electron chi connectivity index (χ3n) is 5.31. The van der Waals surface area contributed by atoms with E-state index in [1.54, 1.807) is 23.1 Å². The molecule has 7 heteroatoms. The monoisotopic (exact) mass is 430 g/mol. The molecule has 4 rings (SSSR count). The van der Waals surface area contributed by atoms with E-state index in [9.17, 15) is 0 Å². The summed E-state index contributed by atoms with van der Waals surface area (Å²) >= 11 is 3.30. The number of anilines is 1. The molecule has 3 aromatic heterocycles. The molecule has 1 N–H and O–H groups in total. The van der Waals surface area contributed by atoms with Gasteiger partial charge < -0.3 is 10.1 Å². The Morgan fingerprint density at radius 2 is 1.90 bits per heavy atom. The summed E-state index contributed by atoms with van der Waals surface area (Å²) in [4.78, 5) is 15.9. The largest absolute Gasteiger partial charge is 0.370 e. The van der Waals surface area contributed by atoms with Crippen molar-refractivity contribution in [3.63, 3.8) is 0 Å². The van der Waals surface area contributed by atoms with Gasteiger partial charge in [-0.3, -0.25) is 0 Å². The van der Waals surface area contributed by atoms with Crippen molar-refractivity contribution in [1.82, 2.24) is 15.0 Å².